The number of amides is 1. The molecule has 134 valence electrons. The van der Waals surface area contributed by atoms with Crippen LogP contribution < -0.4 is 10.7 Å². The SMILES string of the molecule is CCOC(=O)C(CSC(=O)CCCCCO[NH+]([O-])O)NC(C)=O. The van der Waals surface area contributed by atoms with Crippen LogP contribution in [0.25, 0.3) is 0 Å². The summed E-state index contributed by atoms with van der Waals surface area (Å²) < 4.78 is 4.84. The van der Waals surface area contributed by atoms with Gasteiger partial charge in [-0.2, -0.15) is 10.0 Å². The number of thioether (sulfide) groups is 1. The smallest absolute Gasteiger partial charge is 0.329 e. The zero-order valence-corrected chi connectivity index (χ0v) is 14.1. The Morgan fingerprint density at radius 1 is 1.30 bits per heavy atom. The molecule has 0 aliphatic rings. The van der Waals surface area contributed by atoms with Gasteiger partial charge in [-0.05, 0) is 19.8 Å². The summed E-state index contributed by atoms with van der Waals surface area (Å²) in [7, 11) is 0. The number of hydrogen-bond donors (Lipinski definition) is 3. The molecular formula is C13H24N2O7S. The van der Waals surface area contributed by atoms with Crippen LogP contribution in [0.15, 0.2) is 0 Å². The van der Waals surface area contributed by atoms with Crippen LogP contribution in [0.5, 0.6) is 0 Å². The van der Waals surface area contributed by atoms with Crippen LogP contribution in [-0.4, -0.2) is 47.2 Å². The molecule has 3 N–H and O–H groups in total. The lowest BCUT2D eigenvalue weighted by atomic mass is 10.2. The number of carbonyl (C=O) groups is 3. The summed E-state index contributed by atoms with van der Waals surface area (Å²) in [5.74, 6) is -0.803. The third-order valence-electron chi connectivity index (χ3n) is 2.61. The Bertz CT molecular complexity index is 379. The van der Waals surface area contributed by atoms with E-state index in [-0.39, 0.29) is 30.0 Å². The van der Waals surface area contributed by atoms with E-state index < -0.39 is 17.4 Å². The van der Waals surface area contributed by atoms with E-state index >= 15 is 0 Å². The van der Waals surface area contributed by atoms with Gasteiger partial charge in [0, 0.05) is 19.1 Å². The second-order valence-electron chi connectivity index (χ2n) is 4.61. The second kappa shape index (κ2) is 13.3. The van der Waals surface area contributed by atoms with Crippen LogP contribution in [-0.2, 0) is 24.0 Å². The zero-order valence-electron chi connectivity index (χ0n) is 13.3. The molecule has 0 saturated heterocycles. The third kappa shape index (κ3) is 13.0. The van der Waals surface area contributed by atoms with Gasteiger partial charge in [-0.15, -0.1) is 0 Å². The number of hydrogen-bond acceptors (Lipinski definition) is 8. The van der Waals surface area contributed by atoms with Crippen molar-refractivity contribution in [3.63, 3.8) is 0 Å². The lowest BCUT2D eigenvalue weighted by Crippen LogP contribution is -3.03. The van der Waals surface area contributed by atoms with Crippen molar-refractivity contribution in [2.24, 2.45) is 0 Å². The Balaban J connectivity index is 3.93. The minimum Gasteiger partial charge on any atom is -0.566 e. The highest BCUT2D eigenvalue weighted by Gasteiger charge is 2.22. The molecule has 0 bridgehead atoms. The largest absolute Gasteiger partial charge is 0.566 e. The van der Waals surface area contributed by atoms with Crippen molar-refractivity contribution in [1.82, 2.24) is 5.32 Å². The topological polar surface area (TPSA) is 129 Å². The first kappa shape index (κ1) is 21.8. The van der Waals surface area contributed by atoms with Gasteiger partial charge in [0.2, 0.25) is 5.91 Å². The molecule has 10 heteroatoms. The van der Waals surface area contributed by atoms with Gasteiger partial charge in [0.05, 0.1) is 6.61 Å². The molecule has 0 aromatic heterocycles. The van der Waals surface area contributed by atoms with E-state index in [2.05, 4.69) is 10.2 Å². The van der Waals surface area contributed by atoms with Crippen molar-refractivity contribution in [2.75, 3.05) is 19.0 Å². The van der Waals surface area contributed by atoms with Crippen LogP contribution in [0.2, 0.25) is 0 Å². The van der Waals surface area contributed by atoms with Crippen molar-refractivity contribution >= 4 is 28.8 Å². The van der Waals surface area contributed by atoms with Crippen molar-refractivity contribution in [3.8, 4) is 0 Å². The highest BCUT2D eigenvalue weighted by atomic mass is 32.2. The van der Waals surface area contributed by atoms with E-state index in [9.17, 15) is 19.6 Å². The average Bonchev–Trinajstić information content (AvgIpc) is 2.46. The number of nitrogens with one attached hydrogen (secondary N) is 2. The highest BCUT2D eigenvalue weighted by Crippen LogP contribution is 2.12. The first-order valence-corrected chi connectivity index (χ1v) is 8.30. The molecule has 0 heterocycles. The second-order valence-corrected chi connectivity index (χ2v) is 5.69. The molecule has 0 radical (unpaired) electrons. The standard InChI is InChI=1S/C13H24N2O7S/c1-3-21-13(18)11(14-10(2)16)9-23-12(17)7-5-4-6-8-22-15(19)20/h11,15,19H,3-9H2,1-2H3,(H,14,16). The molecule has 0 rings (SSSR count). The highest BCUT2D eigenvalue weighted by molar-refractivity contribution is 8.13. The van der Waals surface area contributed by atoms with E-state index in [1.165, 1.54) is 6.92 Å². The fourth-order valence-corrected chi connectivity index (χ4v) is 2.47. The van der Waals surface area contributed by atoms with Gasteiger partial charge < -0.3 is 15.3 Å². The average molecular weight is 352 g/mol. The lowest BCUT2D eigenvalue weighted by Gasteiger charge is -2.15. The Labute approximate surface area is 139 Å². The summed E-state index contributed by atoms with van der Waals surface area (Å²) in [6, 6.07) is -0.842. The Kier molecular flexibility index (Phi) is 12.6. The van der Waals surface area contributed by atoms with Gasteiger partial charge in [0.15, 0.2) is 5.12 Å². The van der Waals surface area contributed by atoms with Gasteiger partial charge in [0.1, 0.15) is 12.6 Å². The maximum absolute atomic E-state index is 11.7. The minimum atomic E-state index is -1.31. The van der Waals surface area contributed by atoms with Crippen molar-refractivity contribution < 1.29 is 34.6 Å². The van der Waals surface area contributed by atoms with Crippen LogP contribution in [0.4, 0.5) is 0 Å². The maximum Gasteiger partial charge on any atom is 0.329 e. The number of quaternary nitrogens is 1. The van der Waals surface area contributed by atoms with Crippen molar-refractivity contribution in [1.29, 1.82) is 0 Å². The van der Waals surface area contributed by atoms with E-state index in [1.807, 2.05) is 0 Å². The quantitative estimate of drug-likeness (QED) is 0.245. The summed E-state index contributed by atoms with van der Waals surface area (Å²) in [4.78, 5) is 38.8. The van der Waals surface area contributed by atoms with Gasteiger partial charge in [-0.1, -0.05) is 23.6 Å². The summed E-state index contributed by atoms with van der Waals surface area (Å²) in [6.45, 7) is 3.27. The van der Waals surface area contributed by atoms with Crippen molar-refractivity contribution in [2.45, 2.75) is 45.6 Å². The minimum absolute atomic E-state index is 0.0937. The fraction of sp³-hybridized carbons (Fsp3) is 0.769. The van der Waals surface area contributed by atoms with Gasteiger partial charge in [-0.3, -0.25) is 9.59 Å². The third-order valence-corrected chi connectivity index (χ3v) is 3.64. The summed E-state index contributed by atoms with van der Waals surface area (Å²) in [5, 5.41) is 19.5. The molecule has 0 aromatic rings. The molecule has 0 saturated carbocycles. The maximum atomic E-state index is 11.7. The molecule has 2 unspecified atom stereocenters. The monoisotopic (exact) mass is 352 g/mol. The predicted molar refractivity (Wildman–Crippen MR) is 82.2 cm³/mol. The lowest BCUT2D eigenvalue weighted by molar-refractivity contribution is -1.21. The molecule has 1 amide bonds. The summed E-state index contributed by atoms with van der Waals surface area (Å²) in [5.41, 5.74) is 0. The molecule has 0 aliphatic heterocycles. The first-order valence-electron chi connectivity index (χ1n) is 7.31. The number of esters is 1. The van der Waals surface area contributed by atoms with E-state index in [1.54, 1.807) is 6.92 Å². The summed E-state index contributed by atoms with van der Waals surface area (Å²) in [6.07, 6.45) is 2.15. The molecule has 0 fully saturated rings. The molecule has 0 aliphatic carbocycles. The van der Waals surface area contributed by atoms with Crippen LogP contribution in [0.1, 0.15) is 39.5 Å². The van der Waals surface area contributed by atoms with E-state index in [4.69, 9.17) is 9.94 Å². The number of rotatable bonds is 12. The van der Waals surface area contributed by atoms with E-state index in [0.29, 0.717) is 25.7 Å². The zero-order chi connectivity index (χ0) is 17.7. The Morgan fingerprint density at radius 2 is 2.00 bits per heavy atom. The molecular weight excluding hydrogens is 328 g/mol. The van der Waals surface area contributed by atoms with Crippen LogP contribution in [0.3, 0.4) is 0 Å². The van der Waals surface area contributed by atoms with Crippen LogP contribution in [0, 0.1) is 5.21 Å². The molecule has 9 nitrogen and oxygen atoms in total. The Hall–Kier alpha value is -1.20. The number of carbonyl (C=O) groups excluding carboxylic acids is 3. The van der Waals surface area contributed by atoms with Gasteiger partial charge in [0.25, 0.3) is 0 Å². The molecule has 0 spiro atoms. The molecule has 23 heavy (non-hydrogen) atoms. The predicted octanol–water partition coefficient (Wildman–Crippen LogP) is -0.422. The summed E-state index contributed by atoms with van der Waals surface area (Å²) >= 11 is 0.970. The first-order chi connectivity index (χ1) is 10.9. The van der Waals surface area contributed by atoms with Gasteiger partial charge in [-0.25, -0.2) is 4.79 Å². The van der Waals surface area contributed by atoms with Gasteiger partial charge >= 0.3 is 5.97 Å². The molecule has 2 atom stereocenters. The number of ether oxygens (including phenoxy) is 1. The normalized spacial score (nSPS) is 13.2. The molecule has 0 aromatic carbocycles. The Morgan fingerprint density at radius 3 is 2.57 bits per heavy atom. The van der Waals surface area contributed by atoms with Crippen molar-refractivity contribution in [3.05, 3.63) is 5.21 Å². The fourth-order valence-electron chi connectivity index (χ4n) is 1.61. The number of unbranched alkanes of at least 4 members (excludes halogenated alkanes) is 2. The van der Waals surface area contributed by atoms with E-state index in [0.717, 1.165) is 11.8 Å². The van der Waals surface area contributed by atoms with Crippen LogP contribution >= 0.6 is 11.8 Å².